The van der Waals surface area contributed by atoms with E-state index in [1.54, 1.807) is 18.5 Å². The van der Waals surface area contributed by atoms with Gasteiger partial charge in [0.15, 0.2) is 0 Å². The summed E-state index contributed by atoms with van der Waals surface area (Å²) < 4.78 is 1.50. The predicted molar refractivity (Wildman–Crippen MR) is 141 cm³/mol. The van der Waals surface area contributed by atoms with Gasteiger partial charge in [0.1, 0.15) is 0 Å². The fourth-order valence-electron chi connectivity index (χ4n) is 4.12. The summed E-state index contributed by atoms with van der Waals surface area (Å²) in [6, 6.07) is 18.7. The molecule has 0 saturated heterocycles. The number of aromatic amines is 1. The van der Waals surface area contributed by atoms with E-state index in [-0.39, 0.29) is 11.5 Å². The lowest BCUT2D eigenvalue weighted by molar-refractivity contribution is -0.114. The van der Waals surface area contributed by atoms with Gasteiger partial charge >= 0.3 is 0 Å². The van der Waals surface area contributed by atoms with Crippen molar-refractivity contribution < 1.29 is 4.79 Å². The third-order valence-corrected chi connectivity index (χ3v) is 6.41. The van der Waals surface area contributed by atoms with E-state index in [1.165, 1.54) is 9.69 Å². The number of H-pyrrole nitrogens is 1. The number of allylic oxidation sites excluding steroid dienone is 6. The van der Waals surface area contributed by atoms with E-state index in [0.29, 0.717) is 16.2 Å². The Morgan fingerprint density at radius 1 is 0.943 bits per heavy atom. The highest BCUT2D eigenvalue weighted by atomic mass is 35.5. The summed E-state index contributed by atoms with van der Waals surface area (Å²) in [5, 5.41) is 9.29. The van der Waals surface area contributed by atoms with Crippen molar-refractivity contribution >= 4 is 35.5 Å². The van der Waals surface area contributed by atoms with Crippen molar-refractivity contribution in [2.75, 3.05) is 5.01 Å². The van der Waals surface area contributed by atoms with Crippen molar-refractivity contribution in [3.8, 4) is 5.69 Å². The molecule has 1 N–H and O–H groups in total. The highest BCUT2D eigenvalue weighted by Crippen LogP contribution is 2.34. The maximum absolute atomic E-state index is 12.8. The van der Waals surface area contributed by atoms with Crippen LogP contribution in [0.4, 0.5) is 5.69 Å². The van der Waals surface area contributed by atoms with Gasteiger partial charge in [0.2, 0.25) is 0 Å². The molecule has 1 aromatic heterocycles. The number of para-hydroxylation sites is 2. The van der Waals surface area contributed by atoms with E-state index in [2.05, 4.69) is 10.2 Å². The fraction of sp³-hybridized carbons (Fsp3) is 0.107. The third kappa shape index (κ3) is 4.74. The van der Waals surface area contributed by atoms with Crippen molar-refractivity contribution in [3.05, 3.63) is 123 Å². The van der Waals surface area contributed by atoms with Crippen molar-refractivity contribution in [1.29, 1.82) is 0 Å². The average Bonchev–Trinajstić information content (AvgIpc) is 3.44. The summed E-state index contributed by atoms with van der Waals surface area (Å²) in [4.78, 5) is 25.5. The summed E-state index contributed by atoms with van der Waals surface area (Å²) in [5.41, 5.74) is 4.33. The van der Waals surface area contributed by atoms with Crippen LogP contribution in [0.5, 0.6) is 0 Å². The van der Waals surface area contributed by atoms with Crippen molar-refractivity contribution in [2.45, 2.75) is 19.3 Å². The van der Waals surface area contributed by atoms with E-state index in [9.17, 15) is 9.59 Å². The Bertz CT molecular complexity index is 1460. The Hall–Kier alpha value is -4.16. The topological polar surface area (TPSA) is 70.5 Å². The number of amides is 1. The quantitative estimate of drug-likeness (QED) is 0.471. The molecule has 0 unspecified atom stereocenters. The van der Waals surface area contributed by atoms with Crippen LogP contribution in [-0.4, -0.2) is 21.9 Å². The summed E-state index contributed by atoms with van der Waals surface area (Å²) in [6.45, 7) is 0. The minimum atomic E-state index is -0.175. The lowest BCUT2D eigenvalue weighted by Gasteiger charge is -2.17. The molecule has 0 spiro atoms. The predicted octanol–water partition coefficient (Wildman–Crippen LogP) is 5.74. The summed E-state index contributed by atoms with van der Waals surface area (Å²) in [7, 11) is 0. The number of anilines is 1. The first-order valence-electron chi connectivity index (χ1n) is 11.4. The van der Waals surface area contributed by atoms with Gasteiger partial charge in [-0.2, -0.15) is 10.1 Å². The Morgan fingerprint density at radius 2 is 1.66 bits per heavy atom. The number of carbonyl (C=O) groups excluding carboxylic acids is 1. The lowest BCUT2D eigenvalue weighted by Crippen LogP contribution is -2.21. The van der Waals surface area contributed by atoms with Gasteiger partial charge in [-0.05, 0) is 66.8 Å². The molecular weight excluding hydrogens is 460 g/mol. The van der Waals surface area contributed by atoms with Crippen LogP contribution in [0.2, 0.25) is 0 Å². The van der Waals surface area contributed by atoms with Crippen LogP contribution in [-0.2, 0) is 4.79 Å². The molecule has 2 aliphatic rings. The van der Waals surface area contributed by atoms with E-state index in [0.717, 1.165) is 41.8 Å². The van der Waals surface area contributed by atoms with E-state index >= 15 is 0 Å². The molecule has 0 radical (unpaired) electrons. The zero-order valence-corrected chi connectivity index (χ0v) is 19.7. The SMILES string of the molecule is O=C1/C(=C/C2=C(Cl)C(=C/C=C/c3c[nH]n(-c4ccccc4)c3=O)/CCC2)C=NN1c1ccccc1. The molecule has 3 aromatic rings. The summed E-state index contributed by atoms with van der Waals surface area (Å²) >= 11 is 6.72. The molecule has 7 heteroatoms. The minimum absolute atomic E-state index is 0.122. The van der Waals surface area contributed by atoms with Gasteiger partial charge in [-0.3, -0.25) is 14.7 Å². The van der Waals surface area contributed by atoms with Crippen molar-refractivity contribution in [2.24, 2.45) is 5.10 Å². The zero-order valence-electron chi connectivity index (χ0n) is 18.9. The zero-order chi connectivity index (χ0) is 24.2. The Kier molecular flexibility index (Phi) is 6.46. The van der Waals surface area contributed by atoms with E-state index in [4.69, 9.17) is 11.6 Å². The first-order valence-corrected chi connectivity index (χ1v) is 11.8. The maximum atomic E-state index is 12.8. The Morgan fingerprint density at radius 3 is 2.40 bits per heavy atom. The van der Waals surface area contributed by atoms with Gasteiger partial charge in [-0.15, -0.1) is 0 Å². The highest BCUT2D eigenvalue weighted by molar-refractivity contribution is 6.33. The van der Waals surface area contributed by atoms with Crippen LogP contribution in [0.25, 0.3) is 11.8 Å². The molecule has 2 heterocycles. The second-order valence-corrected chi connectivity index (χ2v) is 8.62. The molecule has 0 bridgehead atoms. The van der Waals surface area contributed by atoms with Gasteiger partial charge in [-0.1, -0.05) is 60.2 Å². The molecule has 0 atom stereocenters. The molecule has 2 aromatic carbocycles. The number of hydrogen-bond acceptors (Lipinski definition) is 3. The first-order chi connectivity index (χ1) is 17.1. The molecule has 6 nitrogen and oxygen atoms in total. The lowest BCUT2D eigenvalue weighted by atomic mass is 9.93. The number of nitrogens with zero attached hydrogens (tertiary/aromatic N) is 3. The first kappa shape index (κ1) is 22.6. The average molecular weight is 483 g/mol. The molecule has 1 aliphatic heterocycles. The van der Waals surface area contributed by atoms with Crippen LogP contribution in [0.15, 0.2) is 117 Å². The molecule has 0 fully saturated rings. The number of carbonyl (C=O) groups is 1. The normalized spacial score (nSPS) is 18.5. The Labute approximate surface area is 207 Å². The molecular formula is C28H23ClN4O2. The van der Waals surface area contributed by atoms with E-state index in [1.807, 2.05) is 78.9 Å². The molecule has 0 saturated carbocycles. The van der Waals surface area contributed by atoms with Crippen molar-refractivity contribution in [1.82, 2.24) is 9.78 Å². The number of benzene rings is 2. The molecule has 5 rings (SSSR count). The Balaban J connectivity index is 1.34. The van der Waals surface area contributed by atoms with Gasteiger partial charge in [0, 0.05) is 11.2 Å². The monoisotopic (exact) mass is 482 g/mol. The number of halogens is 1. The molecule has 35 heavy (non-hydrogen) atoms. The smallest absolute Gasteiger partial charge is 0.280 e. The molecule has 174 valence electrons. The molecule has 1 aliphatic carbocycles. The second-order valence-electron chi connectivity index (χ2n) is 8.25. The van der Waals surface area contributed by atoms with Crippen LogP contribution in [0.1, 0.15) is 24.8 Å². The maximum Gasteiger partial charge on any atom is 0.280 e. The van der Waals surface area contributed by atoms with Gasteiger partial charge in [0.05, 0.1) is 28.7 Å². The van der Waals surface area contributed by atoms with Crippen LogP contribution < -0.4 is 10.6 Å². The number of nitrogens with one attached hydrogen (secondary N) is 1. The van der Waals surface area contributed by atoms with Crippen molar-refractivity contribution in [3.63, 3.8) is 0 Å². The van der Waals surface area contributed by atoms with Gasteiger partial charge in [0.25, 0.3) is 11.5 Å². The van der Waals surface area contributed by atoms with Crippen LogP contribution >= 0.6 is 11.6 Å². The minimum Gasteiger partial charge on any atom is -0.298 e. The standard InChI is InChI=1S/C28H23ClN4O2/c29-26-20(10-8-12-22-18-30-32(27(22)34)24-13-3-1-4-14-24)9-7-11-21(26)17-23-19-31-33(28(23)35)25-15-5-2-6-16-25/h1-6,8,10,12-19,30H,7,9,11H2/b12-8+,20-10+,23-17+. The van der Waals surface area contributed by atoms with Crippen LogP contribution in [0, 0.1) is 0 Å². The number of aromatic nitrogens is 2. The summed E-state index contributed by atoms with van der Waals surface area (Å²) in [6.07, 6.45) is 13.2. The number of hydrazone groups is 1. The third-order valence-electron chi connectivity index (χ3n) is 5.92. The number of rotatable bonds is 5. The summed E-state index contributed by atoms with van der Waals surface area (Å²) in [5.74, 6) is -0.175. The fourth-order valence-corrected chi connectivity index (χ4v) is 4.42. The largest absolute Gasteiger partial charge is 0.298 e. The van der Waals surface area contributed by atoms with E-state index < -0.39 is 0 Å². The number of hydrogen-bond donors (Lipinski definition) is 1. The molecule has 1 amide bonds. The van der Waals surface area contributed by atoms with Gasteiger partial charge < -0.3 is 0 Å². The highest BCUT2D eigenvalue weighted by Gasteiger charge is 2.25. The van der Waals surface area contributed by atoms with Crippen LogP contribution in [0.3, 0.4) is 0 Å². The van der Waals surface area contributed by atoms with Gasteiger partial charge in [-0.25, -0.2) is 4.68 Å². The second kappa shape index (κ2) is 9.99.